The number of H-pyrrole nitrogens is 1. The highest BCUT2D eigenvalue weighted by atomic mass is 32.1. The van der Waals surface area contributed by atoms with Crippen LogP contribution >= 0.6 is 11.3 Å². The topological polar surface area (TPSA) is 90.9 Å². The van der Waals surface area contributed by atoms with Gasteiger partial charge in [-0.3, -0.25) is 14.6 Å². The maximum atomic E-state index is 12.9. The fourth-order valence-electron chi connectivity index (χ4n) is 4.63. The number of aryl methyl sites for hydroxylation is 2. The zero-order valence-corrected chi connectivity index (χ0v) is 20.8. The molecule has 8 nitrogen and oxygen atoms in total. The largest absolute Gasteiger partial charge is 0.389 e. The van der Waals surface area contributed by atoms with Crippen LogP contribution in [0, 0.1) is 5.92 Å². The molecule has 2 N–H and O–H groups in total. The summed E-state index contributed by atoms with van der Waals surface area (Å²) in [6.07, 6.45) is 3.79. The molecule has 2 aromatic rings. The molecule has 0 saturated carbocycles. The van der Waals surface area contributed by atoms with Crippen LogP contribution in [0.5, 0.6) is 0 Å². The smallest absolute Gasteiger partial charge is 0.259 e. The first-order chi connectivity index (χ1) is 16.0. The molecule has 0 spiro atoms. The van der Waals surface area contributed by atoms with Crippen molar-refractivity contribution in [3.63, 3.8) is 0 Å². The van der Waals surface area contributed by atoms with Gasteiger partial charge in [-0.25, -0.2) is 4.98 Å². The van der Waals surface area contributed by atoms with Crippen LogP contribution in [-0.2, 0) is 28.9 Å². The summed E-state index contributed by atoms with van der Waals surface area (Å²) in [7, 11) is 0. The van der Waals surface area contributed by atoms with Crippen LogP contribution in [0.4, 0.5) is 0 Å². The molecular weight excluding hydrogens is 440 g/mol. The average molecular weight is 479 g/mol. The predicted molar refractivity (Wildman–Crippen MR) is 131 cm³/mol. The number of nitrogens with zero attached hydrogens (tertiary/aromatic N) is 3. The highest BCUT2D eigenvalue weighted by molar-refractivity contribution is 7.18. The molecule has 1 atom stereocenters. The van der Waals surface area contributed by atoms with E-state index in [1.165, 1.54) is 16.9 Å². The van der Waals surface area contributed by atoms with Crippen molar-refractivity contribution in [2.75, 3.05) is 59.2 Å². The van der Waals surface area contributed by atoms with Gasteiger partial charge in [0.15, 0.2) is 0 Å². The van der Waals surface area contributed by atoms with Gasteiger partial charge in [0.2, 0.25) is 0 Å². The van der Waals surface area contributed by atoms with E-state index in [0.29, 0.717) is 38.0 Å². The molecule has 0 bridgehead atoms. The number of aliphatic hydroxyl groups excluding tert-OH is 1. The Bertz CT molecular complexity index is 954. The molecule has 0 radical (unpaired) electrons. The summed E-state index contributed by atoms with van der Waals surface area (Å²) in [5.74, 6) is 1.11. The lowest BCUT2D eigenvalue weighted by Crippen LogP contribution is -2.43. The van der Waals surface area contributed by atoms with E-state index in [1.807, 2.05) is 0 Å². The molecule has 2 aliphatic rings. The Balaban J connectivity index is 1.45. The number of fused-ring (bicyclic) bond motifs is 3. The molecule has 0 aromatic carbocycles. The van der Waals surface area contributed by atoms with Crippen molar-refractivity contribution in [1.82, 2.24) is 19.8 Å². The average Bonchev–Trinajstić information content (AvgIpc) is 3.17. The Labute approximate surface area is 199 Å². The monoisotopic (exact) mass is 478 g/mol. The summed E-state index contributed by atoms with van der Waals surface area (Å²) in [5.41, 5.74) is 1.19. The lowest BCUT2D eigenvalue weighted by Gasteiger charge is -2.30. The van der Waals surface area contributed by atoms with E-state index in [9.17, 15) is 9.90 Å². The van der Waals surface area contributed by atoms with Crippen molar-refractivity contribution >= 4 is 21.6 Å². The van der Waals surface area contributed by atoms with Gasteiger partial charge in [-0.05, 0) is 37.2 Å². The molecule has 3 heterocycles. The Hall–Kier alpha value is -1.36. The SMILES string of the molecule is CC(C)COCC(O)CN(CCN1CCOCC1)Cc1nc2sc3c(c2c(=O)[nH]1)CCCC3. The van der Waals surface area contributed by atoms with Gasteiger partial charge in [-0.15, -0.1) is 11.3 Å². The molecule has 0 amide bonds. The number of hydrogen-bond acceptors (Lipinski definition) is 8. The van der Waals surface area contributed by atoms with E-state index in [4.69, 9.17) is 14.5 Å². The first-order valence-corrected chi connectivity index (χ1v) is 13.1. The first-order valence-electron chi connectivity index (χ1n) is 12.3. The third-order valence-corrected chi connectivity index (χ3v) is 7.50. The number of morpholine rings is 1. The lowest BCUT2D eigenvalue weighted by molar-refractivity contribution is 0.000565. The predicted octanol–water partition coefficient (Wildman–Crippen LogP) is 2.03. The number of ether oxygens (including phenoxy) is 2. The van der Waals surface area contributed by atoms with E-state index >= 15 is 0 Å². The molecule has 33 heavy (non-hydrogen) atoms. The highest BCUT2D eigenvalue weighted by Gasteiger charge is 2.21. The molecule has 1 unspecified atom stereocenters. The summed E-state index contributed by atoms with van der Waals surface area (Å²) >= 11 is 1.68. The number of aromatic amines is 1. The minimum atomic E-state index is -0.585. The third kappa shape index (κ3) is 6.83. The Morgan fingerprint density at radius 1 is 1.24 bits per heavy atom. The number of aromatic nitrogens is 2. The fourth-order valence-corrected chi connectivity index (χ4v) is 5.91. The van der Waals surface area contributed by atoms with Gasteiger partial charge in [0.05, 0.1) is 37.9 Å². The second kappa shape index (κ2) is 11.9. The Morgan fingerprint density at radius 2 is 2.03 bits per heavy atom. The normalized spacial score (nSPS) is 18.3. The van der Waals surface area contributed by atoms with Crippen LogP contribution in [0.2, 0.25) is 0 Å². The summed E-state index contributed by atoms with van der Waals surface area (Å²) in [5, 5.41) is 11.4. The molecule has 184 valence electrons. The Morgan fingerprint density at radius 3 is 2.82 bits per heavy atom. The fraction of sp³-hybridized carbons (Fsp3) is 0.750. The van der Waals surface area contributed by atoms with Gasteiger partial charge in [0, 0.05) is 44.2 Å². The maximum Gasteiger partial charge on any atom is 0.259 e. The zero-order valence-electron chi connectivity index (χ0n) is 20.0. The van der Waals surface area contributed by atoms with Crippen LogP contribution in [0.1, 0.15) is 43.0 Å². The summed E-state index contributed by atoms with van der Waals surface area (Å²) in [4.78, 5) is 27.6. The number of thiophene rings is 1. The van der Waals surface area contributed by atoms with E-state index in [2.05, 4.69) is 28.6 Å². The van der Waals surface area contributed by atoms with Crippen LogP contribution in [-0.4, -0.2) is 90.1 Å². The van der Waals surface area contributed by atoms with Crippen molar-refractivity contribution in [3.05, 3.63) is 26.6 Å². The maximum absolute atomic E-state index is 12.9. The van der Waals surface area contributed by atoms with Crippen molar-refractivity contribution in [3.8, 4) is 0 Å². The summed E-state index contributed by atoms with van der Waals surface area (Å²) < 4.78 is 11.1. The molecule has 1 aliphatic heterocycles. The first kappa shape index (κ1) is 24.8. The Kier molecular flexibility index (Phi) is 8.90. The minimum Gasteiger partial charge on any atom is -0.389 e. The number of aliphatic hydroxyl groups is 1. The van der Waals surface area contributed by atoms with Crippen molar-refractivity contribution in [1.29, 1.82) is 0 Å². The molecule has 2 aromatic heterocycles. The second-order valence-electron chi connectivity index (χ2n) is 9.68. The van der Waals surface area contributed by atoms with Crippen LogP contribution in [0.3, 0.4) is 0 Å². The molecule has 1 saturated heterocycles. The van der Waals surface area contributed by atoms with Crippen molar-refractivity contribution in [2.24, 2.45) is 5.92 Å². The van der Waals surface area contributed by atoms with E-state index < -0.39 is 6.10 Å². The standard InChI is InChI=1S/C24H38N4O4S/c1-17(2)15-32-16-18(29)13-28(8-7-27-9-11-31-12-10-27)14-21-25-23(30)22-19-5-3-4-6-20(19)33-24(22)26-21/h17-18,29H,3-16H2,1-2H3,(H,25,26,30). The summed E-state index contributed by atoms with van der Waals surface area (Å²) in [6.45, 7) is 11.2. The highest BCUT2D eigenvalue weighted by Crippen LogP contribution is 2.33. The van der Waals surface area contributed by atoms with Crippen LogP contribution in [0.15, 0.2) is 4.79 Å². The number of rotatable bonds is 11. The van der Waals surface area contributed by atoms with Gasteiger partial charge in [-0.1, -0.05) is 13.8 Å². The lowest BCUT2D eigenvalue weighted by atomic mass is 9.97. The van der Waals surface area contributed by atoms with Gasteiger partial charge in [0.1, 0.15) is 10.7 Å². The molecule has 1 aliphatic carbocycles. The van der Waals surface area contributed by atoms with E-state index in [-0.39, 0.29) is 5.56 Å². The quantitative estimate of drug-likeness (QED) is 0.511. The van der Waals surface area contributed by atoms with Gasteiger partial charge in [-0.2, -0.15) is 0 Å². The van der Waals surface area contributed by atoms with Crippen molar-refractivity contribution < 1.29 is 14.6 Å². The van der Waals surface area contributed by atoms with Gasteiger partial charge < -0.3 is 19.6 Å². The van der Waals surface area contributed by atoms with E-state index in [0.717, 1.165) is 68.9 Å². The third-order valence-electron chi connectivity index (χ3n) is 6.31. The van der Waals surface area contributed by atoms with Crippen LogP contribution < -0.4 is 5.56 Å². The second-order valence-corrected chi connectivity index (χ2v) is 10.8. The summed E-state index contributed by atoms with van der Waals surface area (Å²) in [6, 6.07) is 0. The zero-order chi connectivity index (χ0) is 23.2. The minimum absolute atomic E-state index is 0.0247. The molecular formula is C24H38N4O4S. The van der Waals surface area contributed by atoms with Gasteiger partial charge in [0.25, 0.3) is 5.56 Å². The number of hydrogen-bond donors (Lipinski definition) is 2. The van der Waals surface area contributed by atoms with E-state index in [1.54, 1.807) is 11.3 Å². The van der Waals surface area contributed by atoms with Crippen molar-refractivity contribution in [2.45, 2.75) is 52.2 Å². The molecule has 4 rings (SSSR count). The van der Waals surface area contributed by atoms with Crippen LogP contribution in [0.25, 0.3) is 10.2 Å². The number of nitrogens with one attached hydrogen (secondary N) is 1. The molecule has 9 heteroatoms. The molecule has 1 fully saturated rings. The van der Waals surface area contributed by atoms with Gasteiger partial charge >= 0.3 is 0 Å².